The molecular weight excluding hydrogens is 364 g/mol. The summed E-state index contributed by atoms with van der Waals surface area (Å²) >= 11 is 0. The number of pyridine rings is 1. The van der Waals surface area contributed by atoms with Crippen molar-refractivity contribution >= 4 is 27.7 Å². The van der Waals surface area contributed by atoms with Crippen molar-refractivity contribution in [3.8, 4) is 0 Å². The summed E-state index contributed by atoms with van der Waals surface area (Å²) in [5.41, 5.74) is 7.33. The van der Waals surface area contributed by atoms with E-state index in [1.165, 1.54) is 7.05 Å². The number of carbonyl (C=O) groups excluding carboxylic acids is 1. The Kier molecular flexibility index (Phi) is 8.36. The number of nitrogens with two attached hydrogens (primary N) is 1. The van der Waals surface area contributed by atoms with Crippen LogP contribution in [0, 0.1) is 0 Å². The van der Waals surface area contributed by atoms with Gasteiger partial charge in [-0.1, -0.05) is 39.0 Å². The van der Waals surface area contributed by atoms with Crippen LogP contribution in [0.5, 0.6) is 0 Å². The van der Waals surface area contributed by atoms with E-state index in [0.717, 1.165) is 37.1 Å². The fraction of sp³-hybridized carbons (Fsp3) is 0.391. The Labute approximate surface area is 172 Å². The highest BCUT2D eigenvalue weighted by Gasteiger charge is 2.16. The molecule has 29 heavy (non-hydrogen) atoms. The molecule has 1 aromatic heterocycles. The summed E-state index contributed by atoms with van der Waals surface area (Å²) in [5, 5.41) is 4.26. The topological polar surface area (TPSA) is 91.2 Å². The van der Waals surface area contributed by atoms with Crippen molar-refractivity contribution in [3.63, 3.8) is 0 Å². The minimum absolute atomic E-state index is 0.0195. The fourth-order valence-electron chi connectivity index (χ4n) is 3.54. The molecule has 2 aromatic carbocycles. The van der Waals surface area contributed by atoms with Gasteiger partial charge in [0.05, 0.1) is 16.5 Å². The normalized spacial score (nSPS) is 10.8. The third-order valence-corrected chi connectivity index (χ3v) is 5.18. The predicted octanol–water partition coefficient (Wildman–Crippen LogP) is 2.89. The molecule has 0 radical (unpaired) electrons. The second-order valence-corrected chi connectivity index (χ2v) is 6.66. The molecule has 6 heteroatoms. The Morgan fingerprint density at radius 2 is 1.76 bits per heavy atom. The first-order valence-corrected chi connectivity index (χ1v) is 10.3. The number of nitrogens with zero attached hydrogens (tertiary/aromatic N) is 1. The highest BCUT2D eigenvalue weighted by molar-refractivity contribution is 6.08. The highest BCUT2D eigenvalue weighted by Crippen LogP contribution is 2.22. The third-order valence-electron chi connectivity index (χ3n) is 5.18. The second kappa shape index (κ2) is 10.7. The van der Waals surface area contributed by atoms with Gasteiger partial charge in [-0.05, 0) is 50.3 Å². The van der Waals surface area contributed by atoms with E-state index in [-0.39, 0.29) is 11.3 Å². The number of para-hydroxylation sites is 1. The number of aromatic amines is 1. The molecule has 1 heterocycles. The van der Waals surface area contributed by atoms with E-state index in [2.05, 4.69) is 34.8 Å². The van der Waals surface area contributed by atoms with Crippen molar-refractivity contribution in [2.45, 2.75) is 27.2 Å². The Bertz CT molecular complexity index is 1020. The van der Waals surface area contributed by atoms with E-state index in [1.807, 2.05) is 43.3 Å². The van der Waals surface area contributed by atoms with Gasteiger partial charge < -0.3 is 20.9 Å². The van der Waals surface area contributed by atoms with Crippen molar-refractivity contribution in [3.05, 3.63) is 57.7 Å². The van der Waals surface area contributed by atoms with Crippen molar-refractivity contribution < 1.29 is 4.79 Å². The van der Waals surface area contributed by atoms with Gasteiger partial charge in [0, 0.05) is 24.0 Å². The smallest absolute Gasteiger partial charge is 0.253 e. The summed E-state index contributed by atoms with van der Waals surface area (Å²) < 4.78 is 0. The largest absolute Gasteiger partial charge is 0.354 e. The number of hydrogen-bond donors (Lipinski definition) is 3. The number of aromatic nitrogens is 1. The lowest BCUT2D eigenvalue weighted by Crippen LogP contribution is -2.35. The Balaban J connectivity index is 0.00000145. The van der Waals surface area contributed by atoms with Crippen LogP contribution in [0.1, 0.15) is 36.7 Å². The molecule has 0 spiro atoms. The van der Waals surface area contributed by atoms with Gasteiger partial charge in [-0.3, -0.25) is 9.59 Å². The lowest BCUT2D eigenvalue weighted by Gasteiger charge is -2.18. The van der Waals surface area contributed by atoms with Gasteiger partial charge in [-0.2, -0.15) is 0 Å². The zero-order chi connectivity index (χ0) is 21.4. The van der Waals surface area contributed by atoms with Crippen LogP contribution in [0.25, 0.3) is 21.8 Å². The van der Waals surface area contributed by atoms with Gasteiger partial charge >= 0.3 is 0 Å². The van der Waals surface area contributed by atoms with Gasteiger partial charge in [0.25, 0.3) is 5.91 Å². The summed E-state index contributed by atoms with van der Waals surface area (Å²) in [4.78, 5) is 31.5. The molecule has 0 aliphatic rings. The van der Waals surface area contributed by atoms with Crippen LogP contribution in [0.15, 0.2) is 41.2 Å². The van der Waals surface area contributed by atoms with Crippen LogP contribution >= 0.6 is 0 Å². The number of likely N-dealkylation sites (N-methyl/N-ethyl adjacent to an activating group) is 1. The molecule has 0 saturated carbocycles. The zero-order valence-corrected chi connectivity index (χ0v) is 17.8. The maximum absolute atomic E-state index is 13.1. The lowest BCUT2D eigenvalue weighted by atomic mass is 9.99. The quantitative estimate of drug-likeness (QED) is 0.536. The van der Waals surface area contributed by atoms with E-state index in [4.69, 9.17) is 0 Å². The van der Waals surface area contributed by atoms with E-state index in [0.29, 0.717) is 28.4 Å². The molecule has 0 atom stereocenters. The molecule has 0 bridgehead atoms. The molecule has 0 aliphatic heterocycles. The second-order valence-electron chi connectivity index (χ2n) is 6.66. The van der Waals surface area contributed by atoms with E-state index >= 15 is 0 Å². The van der Waals surface area contributed by atoms with Gasteiger partial charge in [0.2, 0.25) is 0 Å². The minimum Gasteiger partial charge on any atom is -0.354 e. The van der Waals surface area contributed by atoms with Crippen LogP contribution in [0.3, 0.4) is 0 Å². The average Bonchev–Trinajstić information content (AvgIpc) is 2.77. The molecule has 0 saturated heterocycles. The number of nitrogens with one attached hydrogen (secondary N) is 2. The Morgan fingerprint density at radius 1 is 1.07 bits per heavy atom. The monoisotopic (exact) mass is 396 g/mol. The van der Waals surface area contributed by atoms with Gasteiger partial charge in [0.1, 0.15) is 0 Å². The standard InChI is InChI=1S/C22H27N3O2.CH5N/c1-4-15-11-12-17(22(27)23-13-14-25(5-2)6-3)20-19(15)21(26)16-9-7-8-10-18(16)24-20;1-2/h7-12H,4-6,13-14H2,1-3H3,(H,23,27)(H,24,26);2H2,1H3. The van der Waals surface area contributed by atoms with Crippen LogP contribution in [-0.4, -0.2) is 49.0 Å². The Hall–Kier alpha value is -2.70. The average molecular weight is 397 g/mol. The number of carbonyl (C=O) groups is 1. The summed E-state index contributed by atoms with van der Waals surface area (Å²) in [7, 11) is 1.50. The first kappa shape index (κ1) is 22.6. The number of rotatable bonds is 7. The number of fused-ring (bicyclic) bond motifs is 2. The van der Waals surface area contributed by atoms with Gasteiger partial charge in [0.15, 0.2) is 5.43 Å². The fourth-order valence-corrected chi connectivity index (χ4v) is 3.54. The summed E-state index contributed by atoms with van der Waals surface area (Å²) in [6.07, 6.45) is 0.738. The van der Waals surface area contributed by atoms with Crippen molar-refractivity contribution in [1.29, 1.82) is 0 Å². The van der Waals surface area contributed by atoms with Crippen molar-refractivity contribution in [1.82, 2.24) is 15.2 Å². The van der Waals surface area contributed by atoms with Crippen molar-refractivity contribution in [2.24, 2.45) is 5.73 Å². The molecule has 3 rings (SSSR count). The van der Waals surface area contributed by atoms with Crippen molar-refractivity contribution in [2.75, 3.05) is 33.2 Å². The Morgan fingerprint density at radius 3 is 2.41 bits per heavy atom. The van der Waals surface area contributed by atoms with E-state index < -0.39 is 0 Å². The molecule has 0 aliphatic carbocycles. The number of H-pyrrole nitrogens is 1. The lowest BCUT2D eigenvalue weighted by molar-refractivity contribution is 0.0950. The van der Waals surface area contributed by atoms with Crippen LogP contribution < -0.4 is 16.5 Å². The molecule has 156 valence electrons. The SMILES string of the molecule is CCc1ccc(C(=O)NCCN(CC)CC)c2[nH]c3ccccc3c(=O)c12.CN. The van der Waals surface area contributed by atoms with Crippen LogP contribution in [0.2, 0.25) is 0 Å². The number of hydrogen-bond acceptors (Lipinski definition) is 4. The van der Waals surface area contributed by atoms with E-state index in [9.17, 15) is 9.59 Å². The maximum atomic E-state index is 13.1. The first-order chi connectivity index (χ1) is 14.1. The van der Waals surface area contributed by atoms with Crippen LogP contribution in [0.4, 0.5) is 0 Å². The zero-order valence-electron chi connectivity index (χ0n) is 17.8. The first-order valence-electron chi connectivity index (χ1n) is 10.3. The highest BCUT2D eigenvalue weighted by atomic mass is 16.1. The molecule has 1 amide bonds. The molecule has 0 fully saturated rings. The maximum Gasteiger partial charge on any atom is 0.253 e. The number of benzene rings is 2. The summed E-state index contributed by atoms with van der Waals surface area (Å²) in [6.45, 7) is 9.54. The number of amides is 1. The molecule has 3 aromatic rings. The van der Waals surface area contributed by atoms with Gasteiger partial charge in [-0.15, -0.1) is 0 Å². The third kappa shape index (κ3) is 4.83. The molecule has 0 unspecified atom stereocenters. The predicted molar refractivity (Wildman–Crippen MR) is 122 cm³/mol. The molecule has 4 N–H and O–H groups in total. The molecule has 6 nitrogen and oxygen atoms in total. The summed E-state index contributed by atoms with van der Waals surface area (Å²) in [5.74, 6) is -0.152. The van der Waals surface area contributed by atoms with E-state index in [1.54, 1.807) is 0 Å². The number of aryl methyl sites for hydroxylation is 1. The molecular formula is C23H32N4O2. The van der Waals surface area contributed by atoms with Crippen LogP contribution in [-0.2, 0) is 6.42 Å². The minimum atomic E-state index is -0.152. The summed E-state index contributed by atoms with van der Waals surface area (Å²) in [6, 6.07) is 11.2. The van der Waals surface area contributed by atoms with Gasteiger partial charge in [-0.25, -0.2) is 0 Å².